The van der Waals surface area contributed by atoms with E-state index in [2.05, 4.69) is 37.9 Å². The second kappa shape index (κ2) is 4.18. The second-order valence-electron chi connectivity index (χ2n) is 3.95. The number of nitrogens with zero attached hydrogens (tertiary/aromatic N) is 1. The van der Waals surface area contributed by atoms with E-state index < -0.39 is 0 Å². The first-order valence-corrected chi connectivity index (χ1v) is 5.98. The highest BCUT2D eigenvalue weighted by atomic mass is 32.1. The van der Waals surface area contributed by atoms with Gasteiger partial charge in [0.05, 0.1) is 0 Å². The van der Waals surface area contributed by atoms with Crippen LogP contribution < -0.4 is 0 Å². The van der Waals surface area contributed by atoms with Gasteiger partial charge in [-0.05, 0) is 43.5 Å². The zero-order valence-corrected chi connectivity index (χ0v) is 10.4. The summed E-state index contributed by atoms with van der Waals surface area (Å²) >= 11 is 1.51. The molecule has 0 N–H and O–H groups in total. The number of rotatable bonds is 2. The van der Waals surface area contributed by atoms with Crippen LogP contribution in [-0.2, 0) is 0 Å². The molecule has 0 unspecified atom stereocenters. The van der Waals surface area contributed by atoms with Crippen molar-refractivity contribution in [2.75, 3.05) is 0 Å². The first-order valence-electron chi connectivity index (χ1n) is 5.10. The lowest BCUT2D eigenvalue weighted by Gasteiger charge is -2.06. The molecule has 1 aromatic heterocycles. The number of hydrogen-bond donors (Lipinski definition) is 0. The number of hydrogen-bond acceptors (Lipinski definition) is 3. The highest BCUT2D eigenvalue weighted by molar-refractivity contribution is 7.13. The van der Waals surface area contributed by atoms with E-state index in [0.717, 1.165) is 16.9 Å². The van der Waals surface area contributed by atoms with Crippen molar-refractivity contribution in [3.63, 3.8) is 0 Å². The molecule has 2 nitrogen and oxygen atoms in total. The van der Waals surface area contributed by atoms with Gasteiger partial charge < -0.3 is 0 Å². The molecular formula is C13H13NOS. The Morgan fingerprint density at radius 1 is 1.12 bits per heavy atom. The molecule has 16 heavy (non-hydrogen) atoms. The molecule has 0 aliphatic rings. The van der Waals surface area contributed by atoms with E-state index in [1.807, 2.05) is 0 Å². The Morgan fingerprint density at radius 3 is 2.44 bits per heavy atom. The van der Waals surface area contributed by atoms with Gasteiger partial charge in [0.2, 0.25) is 0 Å². The van der Waals surface area contributed by atoms with Crippen LogP contribution in [0, 0.1) is 20.8 Å². The minimum atomic E-state index is 0.512. The molecule has 2 rings (SSSR count). The average Bonchev–Trinajstić information content (AvgIpc) is 2.71. The maximum Gasteiger partial charge on any atom is 0.169 e. The first-order chi connectivity index (χ1) is 7.61. The Kier molecular flexibility index (Phi) is 2.88. The number of thiazole rings is 1. The van der Waals surface area contributed by atoms with Gasteiger partial charge in [-0.2, -0.15) is 0 Å². The van der Waals surface area contributed by atoms with E-state index in [0.29, 0.717) is 5.69 Å². The van der Waals surface area contributed by atoms with Crippen LogP contribution in [0.15, 0.2) is 17.5 Å². The summed E-state index contributed by atoms with van der Waals surface area (Å²) in [6.45, 7) is 6.26. The summed E-state index contributed by atoms with van der Waals surface area (Å²) in [6.07, 6.45) is 0.788. The fourth-order valence-corrected chi connectivity index (χ4v) is 2.50. The van der Waals surface area contributed by atoms with Crippen LogP contribution in [0.25, 0.3) is 10.6 Å². The van der Waals surface area contributed by atoms with Crippen molar-refractivity contribution in [3.05, 3.63) is 39.9 Å². The van der Waals surface area contributed by atoms with E-state index in [1.165, 1.54) is 28.0 Å². The number of aryl methyl sites for hydroxylation is 3. The standard InChI is InChI=1S/C13H13NOS/c1-8-4-10(3)12(5-9(8)2)13-14-11(6-15)7-16-13/h4-7H,1-3H3. The normalized spacial score (nSPS) is 10.4. The maximum atomic E-state index is 10.6. The molecule has 0 saturated heterocycles. The molecule has 0 fully saturated rings. The number of aldehydes is 1. The SMILES string of the molecule is Cc1cc(C)c(-c2nc(C=O)cs2)cc1C. The summed E-state index contributed by atoms with van der Waals surface area (Å²) in [5.74, 6) is 0. The molecule has 2 aromatic rings. The van der Waals surface area contributed by atoms with Gasteiger partial charge in [-0.3, -0.25) is 4.79 Å². The van der Waals surface area contributed by atoms with Crippen molar-refractivity contribution in [3.8, 4) is 10.6 Å². The van der Waals surface area contributed by atoms with E-state index in [4.69, 9.17) is 0 Å². The van der Waals surface area contributed by atoms with Gasteiger partial charge in [-0.1, -0.05) is 6.07 Å². The topological polar surface area (TPSA) is 30.0 Å². The lowest BCUT2D eigenvalue weighted by atomic mass is 10.0. The van der Waals surface area contributed by atoms with E-state index in [1.54, 1.807) is 5.38 Å². The second-order valence-corrected chi connectivity index (χ2v) is 4.80. The number of benzene rings is 1. The molecule has 0 aliphatic heterocycles. The lowest BCUT2D eigenvalue weighted by Crippen LogP contribution is -1.89. The summed E-state index contributed by atoms with van der Waals surface area (Å²) < 4.78 is 0. The Morgan fingerprint density at radius 2 is 1.81 bits per heavy atom. The predicted molar refractivity (Wildman–Crippen MR) is 67.1 cm³/mol. The van der Waals surface area contributed by atoms with Crippen LogP contribution in [0.4, 0.5) is 0 Å². The summed E-state index contributed by atoms with van der Waals surface area (Å²) in [4.78, 5) is 14.9. The van der Waals surface area contributed by atoms with Gasteiger partial charge in [0, 0.05) is 10.9 Å². The number of aromatic nitrogens is 1. The van der Waals surface area contributed by atoms with Crippen LogP contribution in [0.1, 0.15) is 27.2 Å². The van der Waals surface area contributed by atoms with Crippen LogP contribution in [0.3, 0.4) is 0 Å². The largest absolute Gasteiger partial charge is 0.296 e. The van der Waals surface area contributed by atoms with Gasteiger partial charge in [0.25, 0.3) is 0 Å². The van der Waals surface area contributed by atoms with Crippen LogP contribution >= 0.6 is 11.3 Å². The molecule has 0 aliphatic carbocycles. The Bertz CT molecular complexity index is 543. The Balaban J connectivity index is 2.55. The third-order valence-corrected chi connectivity index (χ3v) is 3.61. The molecule has 0 atom stereocenters. The zero-order chi connectivity index (χ0) is 11.7. The van der Waals surface area contributed by atoms with Crippen molar-refractivity contribution in [1.82, 2.24) is 4.98 Å². The quantitative estimate of drug-likeness (QED) is 0.740. The van der Waals surface area contributed by atoms with Crippen molar-refractivity contribution < 1.29 is 4.79 Å². The number of carbonyl (C=O) groups excluding carboxylic acids is 1. The third kappa shape index (κ3) is 1.91. The predicted octanol–water partition coefficient (Wildman–Crippen LogP) is 3.55. The summed E-state index contributed by atoms with van der Waals surface area (Å²) in [7, 11) is 0. The Labute approximate surface area is 99.0 Å². The molecule has 1 heterocycles. The molecule has 0 radical (unpaired) electrons. The van der Waals surface area contributed by atoms with Crippen molar-refractivity contribution in [2.45, 2.75) is 20.8 Å². The Hall–Kier alpha value is -1.48. The summed E-state index contributed by atoms with van der Waals surface area (Å²) in [6, 6.07) is 4.30. The fraction of sp³-hybridized carbons (Fsp3) is 0.231. The highest BCUT2D eigenvalue weighted by Gasteiger charge is 2.08. The fourth-order valence-electron chi connectivity index (χ4n) is 1.65. The highest BCUT2D eigenvalue weighted by Crippen LogP contribution is 2.28. The lowest BCUT2D eigenvalue weighted by molar-refractivity contribution is 0.111. The smallest absolute Gasteiger partial charge is 0.169 e. The minimum Gasteiger partial charge on any atom is -0.296 e. The zero-order valence-electron chi connectivity index (χ0n) is 9.57. The minimum absolute atomic E-state index is 0.512. The molecular weight excluding hydrogens is 218 g/mol. The van der Waals surface area contributed by atoms with Crippen LogP contribution in [-0.4, -0.2) is 11.3 Å². The van der Waals surface area contributed by atoms with Crippen LogP contribution in [0.2, 0.25) is 0 Å². The number of carbonyl (C=O) groups is 1. The van der Waals surface area contributed by atoms with Crippen molar-refractivity contribution >= 4 is 17.6 Å². The third-order valence-electron chi connectivity index (χ3n) is 2.71. The molecule has 1 aromatic carbocycles. The van der Waals surface area contributed by atoms with Crippen LogP contribution in [0.5, 0.6) is 0 Å². The van der Waals surface area contributed by atoms with Gasteiger partial charge >= 0.3 is 0 Å². The summed E-state index contributed by atoms with van der Waals surface area (Å²) in [5, 5.41) is 2.71. The first kappa shape index (κ1) is 11.0. The monoisotopic (exact) mass is 231 g/mol. The maximum absolute atomic E-state index is 10.6. The van der Waals surface area contributed by atoms with E-state index >= 15 is 0 Å². The van der Waals surface area contributed by atoms with Crippen molar-refractivity contribution in [1.29, 1.82) is 0 Å². The molecule has 0 saturated carbocycles. The molecule has 0 amide bonds. The summed E-state index contributed by atoms with van der Waals surface area (Å²) in [5.41, 5.74) is 5.38. The van der Waals surface area contributed by atoms with Gasteiger partial charge in [-0.15, -0.1) is 11.3 Å². The van der Waals surface area contributed by atoms with Gasteiger partial charge in [0.15, 0.2) is 6.29 Å². The molecule has 0 bridgehead atoms. The molecule has 3 heteroatoms. The van der Waals surface area contributed by atoms with Gasteiger partial charge in [-0.25, -0.2) is 4.98 Å². The molecule has 0 spiro atoms. The van der Waals surface area contributed by atoms with Gasteiger partial charge in [0.1, 0.15) is 10.7 Å². The molecule has 82 valence electrons. The average molecular weight is 231 g/mol. The van der Waals surface area contributed by atoms with E-state index in [-0.39, 0.29) is 0 Å². The van der Waals surface area contributed by atoms with E-state index in [9.17, 15) is 4.79 Å². The van der Waals surface area contributed by atoms with Crippen molar-refractivity contribution in [2.24, 2.45) is 0 Å².